The zero-order chi connectivity index (χ0) is 18.1. The van der Waals surface area contributed by atoms with Gasteiger partial charge < -0.3 is 4.42 Å². The Balaban J connectivity index is 1.52. The van der Waals surface area contributed by atoms with E-state index < -0.39 is 10.0 Å². The predicted octanol–water partition coefficient (Wildman–Crippen LogP) is 2.96. The number of hydrogen-bond acceptors (Lipinski definition) is 6. The van der Waals surface area contributed by atoms with Crippen molar-refractivity contribution in [1.82, 2.24) is 19.5 Å². The lowest BCUT2D eigenvalue weighted by atomic mass is 10.1. The molecule has 0 spiro atoms. The van der Waals surface area contributed by atoms with Gasteiger partial charge >= 0.3 is 0 Å². The summed E-state index contributed by atoms with van der Waals surface area (Å²) in [5.41, 5.74) is 0.731. The molecule has 0 unspecified atom stereocenters. The second-order valence-electron chi connectivity index (χ2n) is 5.99. The van der Waals surface area contributed by atoms with E-state index >= 15 is 0 Å². The van der Waals surface area contributed by atoms with Gasteiger partial charge in [0.05, 0.1) is 16.4 Å². The second-order valence-corrected chi connectivity index (χ2v) is 8.36. The number of halogens is 1. The van der Waals surface area contributed by atoms with Crippen LogP contribution in [0.2, 0.25) is 5.02 Å². The maximum Gasteiger partial charge on any atom is 0.249 e. The molecule has 3 aromatic rings. The van der Waals surface area contributed by atoms with Gasteiger partial charge in [0.15, 0.2) is 0 Å². The zero-order valence-corrected chi connectivity index (χ0v) is 15.2. The molecule has 1 saturated heterocycles. The summed E-state index contributed by atoms with van der Waals surface area (Å²) < 4.78 is 32.7. The summed E-state index contributed by atoms with van der Waals surface area (Å²) in [5.74, 6) is 0.694. The monoisotopic (exact) mass is 390 g/mol. The molecule has 2 aromatic heterocycles. The molecule has 0 radical (unpaired) electrons. The topological polar surface area (TPSA) is 89.2 Å². The van der Waals surface area contributed by atoms with Crippen molar-refractivity contribution < 1.29 is 12.8 Å². The molecule has 3 heterocycles. The molecule has 1 aliphatic heterocycles. The quantitative estimate of drug-likeness (QED) is 0.680. The van der Waals surface area contributed by atoms with E-state index in [1.165, 1.54) is 16.4 Å². The second kappa shape index (κ2) is 6.79. The first-order valence-corrected chi connectivity index (χ1v) is 9.85. The highest BCUT2D eigenvalue weighted by atomic mass is 35.5. The van der Waals surface area contributed by atoms with Crippen LogP contribution >= 0.6 is 11.6 Å². The molecule has 9 heteroatoms. The molecular weight excluding hydrogens is 376 g/mol. The van der Waals surface area contributed by atoms with E-state index in [0.717, 1.165) is 5.56 Å². The minimum absolute atomic E-state index is 0.130. The van der Waals surface area contributed by atoms with Crippen LogP contribution in [0.15, 0.2) is 58.1 Å². The van der Waals surface area contributed by atoms with Crippen molar-refractivity contribution >= 4 is 21.6 Å². The number of rotatable bonds is 4. The fraction of sp³-hybridized carbons (Fsp3) is 0.235. The first-order chi connectivity index (χ1) is 12.5. The van der Waals surface area contributed by atoms with Crippen LogP contribution in [-0.4, -0.2) is 41.0 Å². The van der Waals surface area contributed by atoms with Gasteiger partial charge in [-0.3, -0.25) is 4.98 Å². The van der Waals surface area contributed by atoms with E-state index in [1.807, 2.05) is 6.07 Å². The summed E-state index contributed by atoms with van der Waals surface area (Å²) in [7, 11) is -3.57. The van der Waals surface area contributed by atoms with Crippen LogP contribution in [0.5, 0.6) is 0 Å². The average Bonchev–Trinajstić information content (AvgIpc) is 3.33. The molecule has 0 amide bonds. The van der Waals surface area contributed by atoms with Gasteiger partial charge in [0.1, 0.15) is 0 Å². The molecule has 7 nitrogen and oxygen atoms in total. The Morgan fingerprint density at radius 2 is 1.96 bits per heavy atom. The van der Waals surface area contributed by atoms with Crippen LogP contribution in [0.4, 0.5) is 0 Å². The fourth-order valence-electron chi connectivity index (χ4n) is 2.91. The van der Waals surface area contributed by atoms with Crippen molar-refractivity contribution in [2.24, 2.45) is 0 Å². The first-order valence-electron chi connectivity index (χ1n) is 8.03. The van der Waals surface area contributed by atoms with Gasteiger partial charge in [0, 0.05) is 30.5 Å². The third-order valence-electron chi connectivity index (χ3n) is 4.30. The molecule has 26 heavy (non-hydrogen) atoms. The van der Waals surface area contributed by atoms with Gasteiger partial charge in [-0.25, -0.2) is 8.42 Å². The third-order valence-corrected chi connectivity index (χ3v) is 6.43. The van der Waals surface area contributed by atoms with Crippen LogP contribution < -0.4 is 0 Å². The van der Waals surface area contributed by atoms with Crippen LogP contribution in [0.1, 0.15) is 18.2 Å². The highest BCUT2D eigenvalue weighted by Crippen LogP contribution is 2.32. The predicted molar refractivity (Wildman–Crippen MR) is 95.1 cm³/mol. The molecule has 0 saturated carbocycles. The van der Waals surface area contributed by atoms with Gasteiger partial charge in [-0.1, -0.05) is 11.6 Å². The molecule has 134 valence electrons. The van der Waals surface area contributed by atoms with E-state index in [0.29, 0.717) is 36.3 Å². The minimum Gasteiger partial charge on any atom is -0.420 e. The summed E-state index contributed by atoms with van der Waals surface area (Å²) in [6, 6.07) is 9.78. The Morgan fingerprint density at radius 1 is 1.15 bits per heavy atom. The first kappa shape index (κ1) is 17.1. The van der Waals surface area contributed by atoms with Gasteiger partial charge in [-0.2, -0.15) is 4.31 Å². The average molecular weight is 391 g/mol. The summed E-state index contributed by atoms with van der Waals surface area (Å²) in [6.07, 6.45) is 3.93. The standard InChI is InChI=1S/C17H15ClN4O3S/c18-14-3-5-15(6-4-14)26(23,24)22-9-7-13(11-22)17-21-20-16(25-17)12-2-1-8-19-10-12/h1-6,8,10,13H,7,9,11H2/t13-/m0/s1. The van der Waals surface area contributed by atoms with Crippen LogP contribution in [0.25, 0.3) is 11.5 Å². The lowest BCUT2D eigenvalue weighted by molar-refractivity contribution is 0.440. The minimum atomic E-state index is -3.57. The molecular formula is C17H15ClN4O3S. The number of pyridine rings is 1. The van der Waals surface area contributed by atoms with E-state index in [1.54, 1.807) is 30.6 Å². The Labute approximate surface area is 155 Å². The number of hydrogen-bond donors (Lipinski definition) is 0. The summed E-state index contributed by atoms with van der Waals surface area (Å²) >= 11 is 5.84. The van der Waals surface area contributed by atoms with Crippen molar-refractivity contribution in [3.05, 3.63) is 59.7 Å². The Bertz CT molecular complexity index is 1010. The van der Waals surface area contributed by atoms with Crippen molar-refractivity contribution in [3.63, 3.8) is 0 Å². The molecule has 1 fully saturated rings. The van der Waals surface area contributed by atoms with E-state index in [4.69, 9.17) is 16.0 Å². The summed E-state index contributed by atoms with van der Waals surface area (Å²) in [5, 5.41) is 8.64. The SMILES string of the molecule is O=S(=O)(c1ccc(Cl)cc1)N1CC[C@H](c2nnc(-c3cccnc3)o2)C1. The Hall–Kier alpha value is -2.29. The lowest BCUT2D eigenvalue weighted by Crippen LogP contribution is -2.28. The van der Waals surface area contributed by atoms with Gasteiger partial charge in [0.2, 0.25) is 21.8 Å². The van der Waals surface area contributed by atoms with Crippen molar-refractivity contribution in [3.8, 4) is 11.5 Å². The summed E-state index contributed by atoms with van der Waals surface area (Å²) in [4.78, 5) is 4.25. The highest BCUT2D eigenvalue weighted by molar-refractivity contribution is 7.89. The van der Waals surface area contributed by atoms with Crippen molar-refractivity contribution in [2.45, 2.75) is 17.2 Å². The molecule has 4 rings (SSSR count). The fourth-order valence-corrected chi connectivity index (χ4v) is 4.54. The number of sulfonamides is 1. The zero-order valence-electron chi connectivity index (χ0n) is 13.6. The maximum atomic E-state index is 12.8. The van der Waals surface area contributed by atoms with Crippen molar-refractivity contribution in [1.29, 1.82) is 0 Å². The molecule has 1 aliphatic rings. The largest absolute Gasteiger partial charge is 0.420 e. The molecule has 1 aromatic carbocycles. The van der Waals surface area contributed by atoms with Gasteiger partial charge in [-0.15, -0.1) is 10.2 Å². The maximum absolute atomic E-state index is 12.8. The number of nitrogens with zero attached hydrogens (tertiary/aromatic N) is 4. The van der Waals surface area contributed by atoms with Crippen LogP contribution in [0.3, 0.4) is 0 Å². The van der Waals surface area contributed by atoms with Crippen LogP contribution in [-0.2, 0) is 10.0 Å². The van der Waals surface area contributed by atoms with Gasteiger partial charge in [-0.05, 0) is 42.8 Å². The Morgan fingerprint density at radius 3 is 2.69 bits per heavy atom. The summed E-state index contributed by atoms with van der Waals surface area (Å²) in [6.45, 7) is 0.708. The molecule has 0 N–H and O–H groups in total. The number of benzene rings is 1. The lowest BCUT2D eigenvalue weighted by Gasteiger charge is -2.16. The molecule has 0 bridgehead atoms. The third kappa shape index (κ3) is 3.23. The van der Waals surface area contributed by atoms with E-state index in [2.05, 4.69) is 15.2 Å². The van der Waals surface area contributed by atoms with Crippen molar-refractivity contribution in [2.75, 3.05) is 13.1 Å². The van der Waals surface area contributed by atoms with E-state index in [-0.39, 0.29) is 10.8 Å². The van der Waals surface area contributed by atoms with Crippen LogP contribution in [0, 0.1) is 0 Å². The highest BCUT2D eigenvalue weighted by Gasteiger charge is 2.35. The Kier molecular flexibility index (Phi) is 4.47. The normalized spacial score (nSPS) is 18.3. The smallest absolute Gasteiger partial charge is 0.249 e. The van der Waals surface area contributed by atoms with Gasteiger partial charge in [0.25, 0.3) is 0 Å². The van der Waals surface area contributed by atoms with E-state index in [9.17, 15) is 8.42 Å². The number of aromatic nitrogens is 3. The molecule has 0 aliphatic carbocycles. The molecule has 1 atom stereocenters.